The van der Waals surface area contributed by atoms with Crippen LogP contribution in [0.25, 0.3) is 10.9 Å². The number of halogens is 1. The van der Waals surface area contributed by atoms with E-state index >= 15 is 0 Å². The molecule has 2 aliphatic heterocycles. The van der Waals surface area contributed by atoms with Crippen LogP contribution in [0.5, 0.6) is 0 Å². The summed E-state index contributed by atoms with van der Waals surface area (Å²) in [6.45, 7) is 0.656. The standard InChI is InChI=1S/C23H22FN7O/c24-15-10-17(21(25)32)18-13-28-31(20(18)11-15)23-29-19-7-9-26-8-6-16(19)22(30-23)27-12-14-4-2-1-3-5-14/h1-5,7-11,13,22-23,27,29-30H,6,12H2,(H2,25,32). The largest absolute Gasteiger partial charge is 0.366 e. The Kier molecular flexibility index (Phi) is 5.26. The fraction of sp³-hybridized carbons (Fsp3) is 0.174. The Labute approximate surface area is 183 Å². The molecule has 0 bridgehead atoms. The van der Waals surface area contributed by atoms with E-state index < -0.39 is 18.0 Å². The zero-order chi connectivity index (χ0) is 22.1. The number of nitrogens with two attached hydrogens (primary N) is 1. The van der Waals surface area contributed by atoms with E-state index in [-0.39, 0.29) is 11.7 Å². The minimum Gasteiger partial charge on any atom is -0.366 e. The highest BCUT2D eigenvalue weighted by Gasteiger charge is 2.29. The van der Waals surface area contributed by atoms with E-state index in [1.165, 1.54) is 12.3 Å². The second kappa shape index (κ2) is 8.37. The Morgan fingerprint density at radius 2 is 2.12 bits per heavy atom. The van der Waals surface area contributed by atoms with Crippen molar-refractivity contribution in [3.05, 3.63) is 89.2 Å². The van der Waals surface area contributed by atoms with Crippen LogP contribution in [0.2, 0.25) is 0 Å². The molecule has 2 aliphatic rings. The van der Waals surface area contributed by atoms with Crippen molar-refractivity contribution in [3.63, 3.8) is 0 Å². The van der Waals surface area contributed by atoms with Crippen LogP contribution in [-0.2, 0) is 6.54 Å². The number of allylic oxidation sites excluding steroid dienone is 1. The van der Waals surface area contributed by atoms with Gasteiger partial charge in [-0.15, -0.1) is 0 Å². The predicted octanol–water partition coefficient (Wildman–Crippen LogP) is 2.28. The highest BCUT2D eigenvalue weighted by molar-refractivity contribution is 6.05. The first-order chi connectivity index (χ1) is 15.6. The lowest BCUT2D eigenvalue weighted by atomic mass is 10.0. The second-order valence-electron chi connectivity index (χ2n) is 7.64. The number of fused-ring (bicyclic) bond motifs is 1. The molecule has 2 unspecified atom stereocenters. The summed E-state index contributed by atoms with van der Waals surface area (Å²) in [6, 6.07) is 12.6. The van der Waals surface area contributed by atoms with Gasteiger partial charge in [0.25, 0.3) is 0 Å². The highest BCUT2D eigenvalue weighted by Crippen LogP contribution is 2.26. The first-order valence-electron chi connectivity index (χ1n) is 10.3. The lowest BCUT2D eigenvalue weighted by Crippen LogP contribution is -2.55. The summed E-state index contributed by atoms with van der Waals surface area (Å²) in [5.74, 6) is -1.25. The third-order valence-electron chi connectivity index (χ3n) is 5.60. The summed E-state index contributed by atoms with van der Waals surface area (Å²) in [6.07, 6.45) is 7.02. The van der Waals surface area contributed by atoms with Crippen LogP contribution < -0.4 is 21.7 Å². The molecule has 2 aromatic carbocycles. The minimum atomic E-state index is -0.699. The molecule has 5 rings (SSSR count). The molecule has 8 nitrogen and oxygen atoms in total. The number of primary amides is 1. The van der Waals surface area contributed by atoms with Crippen molar-refractivity contribution in [2.24, 2.45) is 10.7 Å². The Morgan fingerprint density at radius 3 is 2.94 bits per heavy atom. The topological polar surface area (TPSA) is 109 Å². The summed E-state index contributed by atoms with van der Waals surface area (Å²) in [5, 5.41) is 15.4. The monoisotopic (exact) mass is 431 g/mol. The number of carbonyl (C=O) groups excluding carboxylic acids is 1. The number of aliphatic imine (C=N–C) groups is 1. The number of aromatic nitrogens is 2. The Hall–Kier alpha value is -3.82. The van der Waals surface area contributed by atoms with Crippen molar-refractivity contribution < 1.29 is 9.18 Å². The molecule has 9 heteroatoms. The third-order valence-corrected chi connectivity index (χ3v) is 5.60. The van der Waals surface area contributed by atoms with E-state index in [0.717, 1.165) is 22.9 Å². The Balaban J connectivity index is 1.50. The Bertz CT molecular complexity index is 1260. The molecule has 162 valence electrons. The molecule has 0 saturated heterocycles. The zero-order valence-electron chi connectivity index (χ0n) is 17.1. The van der Waals surface area contributed by atoms with Gasteiger partial charge >= 0.3 is 0 Å². The molecular weight excluding hydrogens is 409 g/mol. The number of amides is 1. The average molecular weight is 431 g/mol. The van der Waals surface area contributed by atoms with Gasteiger partial charge in [-0.2, -0.15) is 5.10 Å². The van der Waals surface area contributed by atoms with Gasteiger partial charge in [0.15, 0.2) is 6.29 Å². The molecule has 3 aromatic rings. The molecule has 2 atom stereocenters. The predicted molar refractivity (Wildman–Crippen MR) is 120 cm³/mol. The van der Waals surface area contributed by atoms with Crippen LogP contribution in [0.1, 0.15) is 28.6 Å². The normalized spacial score (nSPS) is 20.2. The molecule has 0 radical (unpaired) electrons. The lowest BCUT2D eigenvalue weighted by Gasteiger charge is -2.36. The first kappa shape index (κ1) is 20.1. The molecule has 0 spiro atoms. The van der Waals surface area contributed by atoms with E-state index in [9.17, 15) is 9.18 Å². The van der Waals surface area contributed by atoms with E-state index in [0.29, 0.717) is 23.9 Å². The number of hydrogen-bond acceptors (Lipinski definition) is 6. The smallest absolute Gasteiger partial charge is 0.249 e. The van der Waals surface area contributed by atoms with Crippen molar-refractivity contribution in [3.8, 4) is 0 Å². The SMILES string of the molecule is NC(=O)c1cc(F)cc2c1cnn2C1NC2=C(CC=NC=C2)C(NCc2ccccc2)N1. The average Bonchev–Trinajstić information content (AvgIpc) is 3.06. The van der Waals surface area contributed by atoms with Gasteiger partial charge < -0.3 is 11.1 Å². The van der Waals surface area contributed by atoms with Gasteiger partial charge in [-0.05, 0) is 29.3 Å². The summed E-state index contributed by atoms with van der Waals surface area (Å²) >= 11 is 0. The van der Waals surface area contributed by atoms with Gasteiger partial charge in [0, 0.05) is 36.5 Å². The number of benzene rings is 2. The molecule has 1 aromatic heterocycles. The van der Waals surface area contributed by atoms with E-state index in [1.807, 2.05) is 30.5 Å². The lowest BCUT2D eigenvalue weighted by molar-refractivity contribution is 0.100. The van der Waals surface area contributed by atoms with Crippen LogP contribution in [0.4, 0.5) is 4.39 Å². The molecule has 0 saturated carbocycles. The fourth-order valence-corrected chi connectivity index (χ4v) is 4.06. The molecular formula is C23H22FN7O. The summed E-state index contributed by atoms with van der Waals surface area (Å²) < 4.78 is 15.9. The molecule has 5 N–H and O–H groups in total. The van der Waals surface area contributed by atoms with Crippen molar-refractivity contribution in [1.29, 1.82) is 0 Å². The number of rotatable bonds is 5. The fourth-order valence-electron chi connectivity index (χ4n) is 4.06. The van der Waals surface area contributed by atoms with E-state index in [2.05, 4.69) is 38.2 Å². The van der Waals surface area contributed by atoms with Crippen LogP contribution >= 0.6 is 0 Å². The van der Waals surface area contributed by atoms with Crippen molar-refractivity contribution in [1.82, 2.24) is 25.7 Å². The van der Waals surface area contributed by atoms with Gasteiger partial charge in [0.05, 0.1) is 23.4 Å². The van der Waals surface area contributed by atoms with E-state index in [1.54, 1.807) is 10.9 Å². The quantitative estimate of drug-likeness (QED) is 0.496. The van der Waals surface area contributed by atoms with Gasteiger partial charge in [-0.25, -0.2) is 9.07 Å². The number of nitrogens with one attached hydrogen (secondary N) is 3. The maximum absolute atomic E-state index is 14.3. The summed E-state index contributed by atoms with van der Waals surface area (Å²) in [7, 11) is 0. The van der Waals surface area contributed by atoms with Gasteiger partial charge in [-0.3, -0.25) is 20.4 Å². The second-order valence-corrected chi connectivity index (χ2v) is 7.64. The van der Waals surface area contributed by atoms with Crippen LogP contribution in [-0.4, -0.2) is 28.1 Å². The number of nitrogens with zero attached hydrogens (tertiary/aromatic N) is 3. The molecule has 0 fully saturated rings. The number of carbonyl (C=O) groups is 1. The summed E-state index contributed by atoms with van der Waals surface area (Å²) in [5.41, 5.74) is 9.18. The minimum absolute atomic E-state index is 0.100. The maximum atomic E-state index is 14.3. The van der Waals surface area contributed by atoms with Crippen molar-refractivity contribution >= 4 is 23.0 Å². The van der Waals surface area contributed by atoms with Crippen molar-refractivity contribution in [2.45, 2.75) is 25.4 Å². The van der Waals surface area contributed by atoms with E-state index in [4.69, 9.17) is 5.73 Å². The third kappa shape index (κ3) is 3.79. The summed E-state index contributed by atoms with van der Waals surface area (Å²) in [4.78, 5) is 16.1. The Morgan fingerprint density at radius 1 is 1.28 bits per heavy atom. The van der Waals surface area contributed by atoms with Gasteiger partial charge in [0.1, 0.15) is 5.82 Å². The molecule has 1 amide bonds. The zero-order valence-corrected chi connectivity index (χ0v) is 17.1. The molecule has 0 aliphatic carbocycles. The van der Waals surface area contributed by atoms with Crippen molar-refractivity contribution in [2.75, 3.05) is 0 Å². The van der Waals surface area contributed by atoms with Gasteiger partial charge in [-0.1, -0.05) is 30.3 Å². The van der Waals surface area contributed by atoms with Crippen LogP contribution in [0.15, 0.2) is 77.2 Å². The highest BCUT2D eigenvalue weighted by atomic mass is 19.1. The van der Waals surface area contributed by atoms with Gasteiger partial charge in [0.2, 0.25) is 5.91 Å². The molecule has 32 heavy (non-hydrogen) atoms. The van der Waals surface area contributed by atoms with Crippen LogP contribution in [0.3, 0.4) is 0 Å². The van der Waals surface area contributed by atoms with Crippen LogP contribution in [0, 0.1) is 5.82 Å². The number of hydrogen-bond donors (Lipinski definition) is 4. The maximum Gasteiger partial charge on any atom is 0.249 e. The molecule has 3 heterocycles. The first-order valence-corrected chi connectivity index (χ1v) is 10.3.